The summed E-state index contributed by atoms with van der Waals surface area (Å²) in [6, 6.07) is 8.17. The van der Waals surface area contributed by atoms with Gasteiger partial charge in [-0.15, -0.1) is 0 Å². The van der Waals surface area contributed by atoms with Crippen LogP contribution in [0.3, 0.4) is 0 Å². The largest absolute Gasteiger partial charge is 0.309 e. The van der Waals surface area contributed by atoms with E-state index < -0.39 is 10.0 Å². The molecule has 1 heterocycles. The summed E-state index contributed by atoms with van der Waals surface area (Å²) in [5, 5.41) is 3.21. The Bertz CT molecular complexity index is 651. The van der Waals surface area contributed by atoms with E-state index in [9.17, 15) is 8.42 Å². The highest BCUT2D eigenvalue weighted by molar-refractivity contribution is 7.89. The molecule has 0 bridgehead atoms. The average Bonchev–Trinajstić information content (AvgIpc) is 3.01. The molecule has 2 rings (SSSR count). The van der Waals surface area contributed by atoms with E-state index in [2.05, 4.69) is 15.0 Å². The summed E-state index contributed by atoms with van der Waals surface area (Å²) in [5.74, 6) is 0.0704. The molecule has 0 aliphatic carbocycles. The van der Waals surface area contributed by atoms with Gasteiger partial charge in [0, 0.05) is 30.7 Å². The summed E-state index contributed by atoms with van der Waals surface area (Å²) in [4.78, 5) is 4.02. The smallest absolute Gasteiger partial charge is 0.212 e. The van der Waals surface area contributed by atoms with Gasteiger partial charge in [-0.3, -0.25) is 0 Å². The van der Waals surface area contributed by atoms with E-state index >= 15 is 0 Å². The normalized spacial score (nSPS) is 13.2. The quantitative estimate of drug-likeness (QED) is 0.802. The molecule has 0 aliphatic rings. The minimum absolute atomic E-state index is 0.0704. The highest BCUT2D eigenvalue weighted by Crippen LogP contribution is 2.15. The van der Waals surface area contributed by atoms with Crippen molar-refractivity contribution in [2.24, 2.45) is 0 Å². The van der Waals surface area contributed by atoms with Crippen molar-refractivity contribution in [2.45, 2.75) is 13.0 Å². The highest BCUT2D eigenvalue weighted by Gasteiger charge is 2.09. The molecule has 1 unspecified atom stereocenters. The molecule has 0 amide bonds. The lowest BCUT2D eigenvalue weighted by Crippen LogP contribution is -2.30. The minimum Gasteiger partial charge on any atom is -0.309 e. The number of aromatic nitrogens is 2. The van der Waals surface area contributed by atoms with Crippen LogP contribution >= 0.6 is 0 Å². The van der Waals surface area contributed by atoms with Crippen molar-refractivity contribution in [3.8, 4) is 5.69 Å². The number of nitrogens with one attached hydrogen (secondary N) is 2. The predicted molar refractivity (Wildman–Crippen MR) is 82.8 cm³/mol. The van der Waals surface area contributed by atoms with Gasteiger partial charge in [-0.1, -0.05) is 12.1 Å². The molecule has 1 aromatic heterocycles. The summed E-state index contributed by atoms with van der Waals surface area (Å²) in [5.41, 5.74) is 2.15. The summed E-state index contributed by atoms with van der Waals surface area (Å²) < 4.78 is 26.9. The standard InChI is InChI=1S/C14H20N4O2S/c1-12(17-8-10-21(19,20)15-2)13-3-5-14(6-4-13)18-9-7-16-11-18/h3-7,9,11-12,15,17H,8,10H2,1-2H3. The molecule has 2 N–H and O–H groups in total. The van der Waals surface area contributed by atoms with Crippen LogP contribution in [0, 0.1) is 0 Å². The van der Waals surface area contributed by atoms with Gasteiger partial charge in [0.25, 0.3) is 0 Å². The lowest BCUT2D eigenvalue weighted by atomic mass is 10.1. The first-order valence-corrected chi connectivity index (χ1v) is 8.40. The SMILES string of the molecule is CNS(=O)(=O)CCNC(C)c1ccc(-n2ccnc2)cc1. The van der Waals surface area contributed by atoms with Crippen molar-refractivity contribution >= 4 is 10.0 Å². The maximum atomic E-state index is 11.3. The van der Waals surface area contributed by atoms with Gasteiger partial charge in [0.2, 0.25) is 10.0 Å². The van der Waals surface area contributed by atoms with E-state index in [1.165, 1.54) is 7.05 Å². The van der Waals surface area contributed by atoms with Crippen LogP contribution in [0.1, 0.15) is 18.5 Å². The highest BCUT2D eigenvalue weighted by atomic mass is 32.2. The molecule has 0 saturated carbocycles. The Morgan fingerprint density at radius 3 is 2.57 bits per heavy atom. The molecule has 7 heteroatoms. The van der Waals surface area contributed by atoms with Crippen LogP contribution in [-0.2, 0) is 10.0 Å². The Morgan fingerprint density at radius 2 is 2.00 bits per heavy atom. The van der Waals surface area contributed by atoms with E-state index in [1.54, 1.807) is 12.5 Å². The van der Waals surface area contributed by atoms with Gasteiger partial charge in [0.15, 0.2) is 0 Å². The molecule has 2 aromatic rings. The van der Waals surface area contributed by atoms with Gasteiger partial charge in [-0.05, 0) is 31.7 Å². The lowest BCUT2D eigenvalue weighted by molar-refractivity contribution is 0.567. The van der Waals surface area contributed by atoms with Crippen LogP contribution < -0.4 is 10.0 Å². The summed E-state index contributed by atoms with van der Waals surface area (Å²) in [6.45, 7) is 2.42. The Labute approximate surface area is 125 Å². The Morgan fingerprint density at radius 1 is 1.29 bits per heavy atom. The number of benzene rings is 1. The van der Waals surface area contributed by atoms with Crippen LogP contribution in [-0.4, -0.2) is 37.3 Å². The van der Waals surface area contributed by atoms with E-state index in [4.69, 9.17) is 0 Å². The third-order valence-corrected chi connectivity index (χ3v) is 4.69. The molecular weight excluding hydrogens is 288 g/mol. The van der Waals surface area contributed by atoms with E-state index in [1.807, 2.05) is 42.0 Å². The van der Waals surface area contributed by atoms with E-state index in [0.717, 1.165) is 11.3 Å². The van der Waals surface area contributed by atoms with Crippen molar-refractivity contribution in [3.05, 3.63) is 48.5 Å². The fourth-order valence-electron chi connectivity index (χ4n) is 1.98. The summed E-state index contributed by atoms with van der Waals surface area (Å²) >= 11 is 0. The molecule has 1 atom stereocenters. The van der Waals surface area contributed by atoms with Gasteiger partial charge >= 0.3 is 0 Å². The van der Waals surface area contributed by atoms with Crippen molar-refractivity contribution in [3.63, 3.8) is 0 Å². The third kappa shape index (κ3) is 4.38. The zero-order valence-corrected chi connectivity index (χ0v) is 13.0. The zero-order valence-electron chi connectivity index (χ0n) is 12.2. The monoisotopic (exact) mass is 308 g/mol. The molecule has 0 spiro atoms. The molecule has 0 saturated heterocycles. The van der Waals surface area contributed by atoms with Crippen LogP contribution in [0.4, 0.5) is 0 Å². The number of imidazole rings is 1. The number of hydrogen-bond acceptors (Lipinski definition) is 4. The predicted octanol–water partition coefficient (Wildman–Crippen LogP) is 1.07. The van der Waals surface area contributed by atoms with Gasteiger partial charge in [-0.25, -0.2) is 18.1 Å². The molecule has 0 aliphatic heterocycles. The van der Waals surface area contributed by atoms with Crippen molar-refractivity contribution in [2.75, 3.05) is 19.3 Å². The van der Waals surface area contributed by atoms with Crippen molar-refractivity contribution in [1.82, 2.24) is 19.6 Å². The van der Waals surface area contributed by atoms with Crippen molar-refractivity contribution in [1.29, 1.82) is 0 Å². The first-order valence-electron chi connectivity index (χ1n) is 6.75. The molecule has 21 heavy (non-hydrogen) atoms. The second kappa shape index (κ2) is 6.84. The maximum absolute atomic E-state index is 11.3. The molecule has 6 nitrogen and oxygen atoms in total. The molecule has 1 aromatic carbocycles. The Kier molecular flexibility index (Phi) is 5.11. The first kappa shape index (κ1) is 15.7. The van der Waals surface area contributed by atoms with Crippen LogP contribution in [0.5, 0.6) is 0 Å². The average molecular weight is 308 g/mol. The minimum atomic E-state index is -3.16. The number of hydrogen-bond donors (Lipinski definition) is 2. The second-order valence-electron chi connectivity index (χ2n) is 4.76. The number of nitrogens with zero attached hydrogens (tertiary/aromatic N) is 2. The van der Waals surface area contributed by atoms with Gasteiger partial charge in [0.05, 0.1) is 12.1 Å². The lowest BCUT2D eigenvalue weighted by Gasteiger charge is -2.15. The molecule has 114 valence electrons. The first-order chi connectivity index (χ1) is 10.0. The number of rotatable bonds is 7. The van der Waals surface area contributed by atoms with Gasteiger partial charge < -0.3 is 9.88 Å². The molecular formula is C14H20N4O2S. The van der Waals surface area contributed by atoms with Gasteiger partial charge in [-0.2, -0.15) is 0 Å². The fraction of sp³-hybridized carbons (Fsp3) is 0.357. The van der Waals surface area contributed by atoms with E-state index in [0.29, 0.717) is 6.54 Å². The van der Waals surface area contributed by atoms with Crippen molar-refractivity contribution < 1.29 is 8.42 Å². The van der Waals surface area contributed by atoms with Crippen LogP contribution in [0.25, 0.3) is 5.69 Å². The zero-order chi connectivity index (χ0) is 15.3. The Balaban J connectivity index is 1.93. The number of sulfonamides is 1. The van der Waals surface area contributed by atoms with Gasteiger partial charge in [0.1, 0.15) is 0 Å². The summed E-state index contributed by atoms with van der Waals surface area (Å²) in [7, 11) is -1.73. The van der Waals surface area contributed by atoms with E-state index in [-0.39, 0.29) is 11.8 Å². The van der Waals surface area contributed by atoms with Crippen LogP contribution in [0.2, 0.25) is 0 Å². The molecule has 0 fully saturated rings. The fourth-order valence-corrected chi connectivity index (χ4v) is 2.57. The Hall–Kier alpha value is -1.70. The topological polar surface area (TPSA) is 76.0 Å². The maximum Gasteiger partial charge on any atom is 0.212 e. The van der Waals surface area contributed by atoms with Crippen LogP contribution in [0.15, 0.2) is 43.0 Å². The summed E-state index contributed by atoms with van der Waals surface area (Å²) in [6.07, 6.45) is 5.37. The second-order valence-corrected chi connectivity index (χ2v) is 6.81. The third-order valence-electron chi connectivity index (χ3n) is 3.33. The molecule has 0 radical (unpaired) electrons.